The van der Waals surface area contributed by atoms with E-state index in [-0.39, 0.29) is 18.3 Å². The number of methoxy groups -OCH3 is 1. The van der Waals surface area contributed by atoms with Crippen molar-refractivity contribution < 1.29 is 9.53 Å². The molecule has 3 aromatic rings. The van der Waals surface area contributed by atoms with Crippen molar-refractivity contribution in [1.29, 1.82) is 0 Å². The minimum Gasteiger partial charge on any atom is -0.497 e. The molecule has 1 aromatic heterocycles. The van der Waals surface area contributed by atoms with Crippen LogP contribution >= 0.6 is 23.7 Å². The topological polar surface area (TPSA) is 45.7 Å². The van der Waals surface area contributed by atoms with Gasteiger partial charge in [-0.05, 0) is 30.8 Å². The number of hydrogen-bond acceptors (Lipinski definition) is 5. The Morgan fingerprint density at radius 2 is 1.79 bits per heavy atom. The second-order valence-corrected chi connectivity index (χ2v) is 7.57. The van der Waals surface area contributed by atoms with Crippen LogP contribution in [0.2, 0.25) is 0 Å². The first-order valence-electron chi connectivity index (χ1n) is 9.65. The van der Waals surface area contributed by atoms with Crippen molar-refractivity contribution in [1.82, 2.24) is 9.88 Å². The predicted molar refractivity (Wildman–Crippen MR) is 124 cm³/mol. The Balaban J connectivity index is 0.00000300. The fourth-order valence-corrected chi connectivity index (χ4v) is 4.10. The molecule has 0 bridgehead atoms. The molecular weight excluding hydrogens is 406 g/mol. The molecule has 0 unspecified atom stereocenters. The van der Waals surface area contributed by atoms with E-state index in [2.05, 4.69) is 18.7 Å². The summed E-state index contributed by atoms with van der Waals surface area (Å²) >= 11 is 1.55. The van der Waals surface area contributed by atoms with Crippen LogP contribution in [0.3, 0.4) is 0 Å². The van der Waals surface area contributed by atoms with Crippen molar-refractivity contribution in [3.8, 4) is 5.75 Å². The molecule has 0 saturated heterocycles. The van der Waals surface area contributed by atoms with Crippen molar-refractivity contribution in [3.05, 3.63) is 54.1 Å². The average Bonchev–Trinajstić information content (AvgIpc) is 3.14. The smallest absolute Gasteiger partial charge is 0.233 e. The first-order valence-corrected chi connectivity index (χ1v) is 10.5. The van der Waals surface area contributed by atoms with Crippen molar-refractivity contribution in [2.24, 2.45) is 0 Å². The fraction of sp³-hybridized carbons (Fsp3) is 0.364. The molecule has 2 aromatic carbocycles. The van der Waals surface area contributed by atoms with Crippen LogP contribution in [0.25, 0.3) is 10.2 Å². The standard InChI is InChI=1S/C22H27N3O2S.ClH/c1-4-24(5-2)13-14-25(21(26)15-17-9-7-6-8-10-17)22-23-19-16-18(27-3)11-12-20(19)28-22;/h6-12,16H,4-5,13-15H2,1-3H3;1H. The zero-order chi connectivity index (χ0) is 19.9. The number of carbonyl (C=O) groups is 1. The number of thiazole rings is 1. The van der Waals surface area contributed by atoms with E-state index >= 15 is 0 Å². The van der Waals surface area contributed by atoms with Gasteiger partial charge in [-0.25, -0.2) is 4.98 Å². The number of amides is 1. The molecule has 5 nitrogen and oxygen atoms in total. The highest BCUT2D eigenvalue weighted by molar-refractivity contribution is 7.22. The van der Waals surface area contributed by atoms with Crippen LogP contribution in [0.15, 0.2) is 48.5 Å². The molecule has 3 rings (SSSR count). The summed E-state index contributed by atoms with van der Waals surface area (Å²) < 4.78 is 6.36. The molecule has 1 amide bonds. The van der Waals surface area contributed by atoms with E-state index < -0.39 is 0 Å². The van der Waals surface area contributed by atoms with Gasteiger partial charge < -0.3 is 9.64 Å². The molecule has 29 heavy (non-hydrogen) atoms. The van der Waals surface area contributed by atoms with Gasteiger partial charge in [-0.3, -0.25) is 9.69 Å². The zero-order valence-electron chi connectivity index (χ0n) is 17.1. The summed E-state index contributed by atoms with van der Waals surface area (Å²) in [6.45, 7) is 7.67. The molecule has 0 aliphatic carbocycles. The molecular formula is C22H28ClN3O2S. The monoisotopic (exact) mass is 433 g/mol. The summed E-state index contributed by atoms with van der Waals surface area (Å²) in [4.78, 5) is 22.0. The van der Waals surface area contributed by atoms with E-state index in [9.17, 15) is 4.79 Å². The molecule has 0 atom stereocenters. The molecule has 0 radical (unpaired) electrons. The molecule has 0 aliphatic heterocycles. The van der Waals surface area contributed by atoms with Gasteiger partial charge in [0, 0.05) is 19.2 Å². The molecule has 0 N–H and O–H groups in total. The number of benzene rings is 2. The lowest BCUT2D eigenvalue weighted by atomic mass is 10.1. The van der Waals surface area contributed by atoms with Gasteiger partial charge in [0.1, 0.15) is 5.75 Å². The van der Waals surface area contributed by atoms with Gasteiger partial charge in [-0.15, -0.1) is 12.4 Å². The third-order valence-electron chi connectivity index (χ3n) is 4.85. The predicted octanol–water partition coefficient (Wildman–Crippen LogP) is 4.64. The summed E-state index contributed by atoms with van der Waals surface area (Å²) in [5, 5.41) is 0.747. The molecule has 7 heteroatoms. The Morgan fingerprint density at radius 1 is 1.07 bits per heavy atom. The Kier molecular flexibility index (Phi) is 8.89. The minimum absolute atomic E-state index is 0. The third kappa shape index (κ3) is 5.92. The summed E-state index contributed by atoms with van der Waals surface area (Å²) in [6.07, 6.45) is 0.373. The lowest BCUT2D eigenvalue weighted by Gasteiger charge is -2.24. The van der Waals surface area contributed by atoms with Crippen LogP contribution in [0.4, 0.5) is 5.13 Å². The van der Waals surface area contributed by atoms with E-state index in [0.29, 0.717) is 13.0 Å². The summed E-state index contributed by atoms with van der Waals surface area (Å²) in [7, 11) is 1.65. The van der Waals surface area contributed by atoms with Crippen molar-refractivity contribution in [3.63, 3.8) is 0 Å². The SMILES string of the molecule is CCN(CC)CCN(C(=O)Cc1ccccc1)c1nc2cc(OC)ccc2s1.Cl. The molecule has 0 spiro atoms. The van der Waals surface area contributed by atoms with Crippen LogP contribution in [-0.2, 0) is 11.2 Å². The number of halogens is 1. The second kappa shape index (κ2) is 11.1. The number of aromatic nitrogens is 1. The number of anilines is 1. The maximum atomic E-state index is 13.2. The van der Waals surface area contributed by atoms with Gasteiger partial charge in [-0.1, -0.05) is 55.5 Å². The van der Waals surface area contributed by atoms with E-state index in [4.69, 9.17) is 9.72 Å². The summed E-state index contributed by atoms with van der Waals surface area (Å²) in [5.41, 5.74) is 1.88. The molecule has 156 valence electrons. The zero-order valence-corrected chi connectivity index (χ0v) is 18.8. The minimum atomic E-state index is 0. The van der Waals surface area contributed by atoms with Crippen LogP contribution in [0.1, 0.15) is 19.4 Å². The number of ether oxygens (including phenoxy) is 1. The number of nitrogens with zero attached hydrogens (tertiary/aromatic N) is 3. The fourth-order valence-electron chi connectivity index (χ4n) is 3.11. The lowest BCUT2D eigenvalue weighted by molar-refractivity contribution is -0.118. The second-order valence-electron chi connectivity index (χ2n) is 6.56. The average molecular weight is 434 g/mol. The van der Waals surface area contributed by atoms with E-state index in [1.165, 1.54) is 0 Å². The van der Waals surface area contributed by atoms with Crippen LogP contribution in [0.5, 0.6) is 5.75 Å². The van der Waals surface area contributed by atoms with Crippen molar-refractivity contribution in [2.75, 3.05) is 38.2 Å². The van der Waals surface area contributed by atoms with Gasteiger partial charge >= 0.3 is 0 Å². The lowest BCUT2D eigenvalue weighted by Crippen LogP contribution is -2.39. The number of carbonyl (C=O) groups excluding carboxylic acids is 1. The number of likely N-dealkylation sites (N-methyl/N-ethyl adjacent to an activating group) is 1. The van der Waals surface area contributed by atoms with E-state index in [0.717, 1.165) is 46.3 Å². The van der Waals surface area contributed by atoms with Crippen LogP contribution in [0, 0.1) is 0 Å². The number of fused-ring (bicyclic) bond motifs is 1. The maximum Gasteiger partial charge on any atom is 0.233 e. The maximum absolute atomic E-state index is 13.2. The largest absolute Gasteiger partial charge is 0.497 e. The summed E-state index contributed by atoms with van der Waals surface area (Å²) in [5.74, 6) is 0.846. The first-order chi connectivity index (χ1) is 13.6. The van der Waals surface area contributed by atoms with E-state index in [1.807, 2.05) is 53.4 Å². The van der Waals surface area contributed by atoms with Gasteiger partial charge in [0.25, 0.3) is 0 Å². The quantitative estimate of drug-likeness (QED) is 0.493. The van der Waals surface area contributed by atoms with Crippen LogP contribution < -0.4 is 9.64 Å². The molecule has 0 aliphatic rings. The Labute approximate surface area is 182 Å². The van der Waals surface area contributed by atoms with Gasteiger partial charge in [0.2, 0.25) is 5.91 Å². The summed E-state index contributed by atoms with van der Waals surface area (Å²) in [6, 6.07) is 15.7. The third-order valence-corrected chi connectivity index (χ3v) is 5.91. The number of hydrogen-bond donors (Lipinski definition) is 0. The Morgan fingerprint density at radius 3 is 2.45 bits per heavy atom. The first kappa shape index (κ1) is 23.1. The Bertz CT molecular complexity index is 913. The number of rotatable bonds is 9. The molecule has 0 fully saturated rings. The van der Waals surface area contributed by atoms with Gasteiger partial charge in [-0.2, -0.15) is 0 Å². The molecule has 1 heterocycles. The highest BCUT2D eigenvalue weighted by Gasteiger charge is 2.21. The molecule has 0 saturated carbocycles. The highest BCUT2D eigenvalue weighted by Crippen LogP contribution is 2.31. The van der Waals surface area contributed by atoms with Crippen molar-refractivity contribution in [2.45, 2.75) is 20.3 Å². The Hall–Kier alpha value is -2.15. The van der Waals surface area contributed by atoms with E-state index in [1.54, 1.807) is 18.4 Å². The normalized spacial score (nSPS) is 10.8. The van der Waals surface area contributed by atoms with Gasteiger partial charge in [0.15, 0.2) is 5.13 Å². The van der Waals surface area contributed by atoms with Gasteiger partial charge in [0.05, 0.1) is 23.7 Å². The van der Waals surface area contributed by atoms with Crippen LogP contribution in [-0.4, -0.2) is 49.1 Å². The highest BCUT2D eigenvalue weighted by atomic mass is 35.5. The van der Waals surface area contributed by atoms with Crippen molar-refractivity contribution >= 4 is 45.0 Å².